The molecule has 0 aliphatic carbocycles. The molecule has 0 bridgehead atoms. The first-order valence-corrected chi connectivity index (χ1v) is 10.9. The minimum Gasteiger partial charge on any atom is -0.481 e. The third-order valence-corrected chi connectivity index (χ3v) is 5.30. The maximum atomic E-state index is 12.7. The molecule has 0 spiro atoms. The Labute approximate surface area is 194 Å². The van der Waals surface area contributed by atoms with Crippen molar-refractivity contribution in [3.8, 4) is 11.5 Å². The second-order valence-electron chi connectivity index (χ2n) is 8.06. The Kier molecular flexibility index (Phi) is 7.72. The Balaban J connectivity index is 1.63. The Morgan fingerprint density at radius 1 is 0.667 bits per heavy atom. The van der Waals surface area contributed by atoms with Crippen LogP contribution in [0.1, 0.15) is 30.5 Å². The zero-order chi connectivity index (χ0) is 24.0. The van der Waals surface area contributed by atoms with Crippen LogP contribution in [0.2, 0.25) is 0 Å². The summed E-state index contributed by atoms with van der Waals surface area (Å²) in [7, 11) is 0. The van der Waals surface area contributed by atoms with Gasteiger partial charge in [0.1, 0.15) is 11.5 Å². The van der Waals surface area contributed by atoms with Gasteiger partial charge < -0.3 is 20.1 Å². The summed E-state index contributed by atoms with van der Waals surface area (Å²) in [4.78, 5) is 25.4. The molecule has 0 aliphatic heterocycles. The minimum atomic E-state index is -0.689. The fourth-order valence-electron chi connectivity index (χ4n) is 3.18. The van der Waals surface area contributed by atoms with E-state index in [0.717, 1.165) is 16.7 Å². The fourth-order valence-corrected chi connectivity index (χ4v) is 3.18. The lowest BCUT2D eigenvalue weighted by atomic mass is 10.1. The maximum Gasteiger partial charge on any atom is 0.265 e. The highest BCUT2D eigenvalue weighted by atomic mass is 16.5. The zero-order valence-electron chi connectivity index (χ0n) is 19.6. The molecule has 0 saturated carbocycles. The Hall–Kier alpha value is -3.80. The van der Waals surface area contributed by atoms with Crippen LogP contribution in [-0.4, -0.2) is 24.0 Å². The van der Waals surface area contributed by atoms with Crippen LogP contribution in [-0.2, 0) is 9.59 Å². The molecule has 0 fully saturated rings. The minimum absolute atomic E-state index is 0.277. The monoisotopic (exact) mass is 446 g/mol. The highest BCUT2D eigenvalue weighted by molar-refractivity contribution is 5.97. The summed E-state index contributed by atoms with van der Waals surface area (Å²) in [6, 6.07) is 20.5. The summed E-state index contributed by atoms with van der Waals surface area (Å²) in [5, 5.41) is 5.75. The summed E-state index contributed by atoms with van der Waals surface area (Å²) in [6.45, 7) is 9.15. The van der Waals surface area contributed by atoms with Crippen molar-refractivity contribution in [1.29, 1.82) is 0 Å². The van der Waals surface area contributed by atoms with E-state index < -0.39 is 12.2 Å². The lowest BCUT2D eigenvalue weighted by molar-refractivity contribution is -0.122. The summed E-state index contributed by atoms with van der Waals surface area (Å²) in [5.74, 6) is 0.775. The third-order valence-electron chi connectivity index (χ3n) is 5.30. The Morgan fingerprint density at radius 2 is 1.15 bits per heavy atom. The summed E-state index contributed by atoms with van der Waals surface area (Å²) < 4.78 is 11.6. The van der Waals surface area contributed by atoms with Gasteiger partial charge in [-0.05, 0) is 75.6 Å². The molecule has 0 saturated heterocycles. The highest BCUT2D eigenvalue weighted by Crippen LogP contribution is 2.23. The van der Waals surface area contributed by atoms with Crippen molar-refractivity contribution in [3.63, 3.8) is 0 Å². The molecule has 172 valence electrons. The van der Waals surface area contributed by atoms with Gasteiger partial charge >= 0.3 is 0 Å². The molecule has 0 aliphatic rings. The van der Waals surface area contributed by atoms with Gasteiger partial charge in [0.15, 0.2) is 12.2 Å². The average molecular weight is 447 g/mol. The van der Waals surface area contributed by atoms with Gasteiger partial charge in [-0.15, -0.1) is 0 Å². The van der Waals surface area contributed by atoms with Crippen LogP contribution in [0, 0.1) is 20.8 Å². The molecule has 6 nitrogen and oxygen atoms in total. The van der Waals surface area contributed by atoms with Crippen molar-refractivity contribution in [1.82, 2.24) is 0 Å². The summed E-state index contributed by atoms with van der Waals surface area (Å²) in [6.07, 6.45) is -1.38. The Morgan fingerprint density at radius 3 is 1.67 bits per heavy atom. The largest absolute Gasteiger partial charge is 0.481 e. The number of ether oxygens (including phenoxy) is 2. The predicted molar refractivity (Wildman–Crippen MR) is 131 cm³/mol. The molecule has 2 unspecified atom stereocenters. The van der Waals surface area contributed by atoms with E-state index in [1.54, 1.807) is 26.0 Å². The van der Waals surface area contributed by atoms with E-state index in [9.17, 15) is 9.59 Å². The number of nitrogens with one attached hydrogen (secondary N) is 2. The summed E-state index contributed by atoms with van der Waals surface area (Å²) >= 11 is 0. The molecule has 6 heteroatoms. The van der Waals surface area contributed by atoms with E-state index in [2.05, 4.69) is 10.6 Å². The first kappa shape index (κ1) is 23.9. The van der Waals surface area contributed by atoms with Gasteiger partial charge in [-0.3, -0.25) is 9.59 Å². The van der Waals surface area contributed by atoms with Crippen molar-refractivity contribution in [3.05, 3.63) is 83.4 Å². The fraction of sp³-hybridized carbons (Fsp3) is 0.259. The van der Waals surface area contributed by atoms with Crippen molar-refractivity contribution in [2.75, 3.05) is 10.6 Å². The number of hydrogen-bond acceptors (Lipinski definition) is 4. The van der Waals surface area contributed by atoms with E-state index in [1.165, 1.54) is 0 Å². The normalized spacial score (nSPS) is 12.4. The number of amides is 2. The second-order valence-corrected chi connectivity index (χ2v) is 8.06. The van der Waals surface area contributed by atoms with E-state index >= 15 is 0 Å². The third kappa shape index (κ3) is 6.35. The first-order valence-electron chi connectivity index (χ1n) is 10.9. The summed E-state index contributed by atoms with van der Waals surface area (Å²) in [5.41, 5.74) is 3.95. The quantitative estimate of drug-likeness (QED) is 0.484. The van der Waals surface area contributed by atoms with Gasteiger partial charge in [-0.1, -0.05) is 42.5 Å². The molecular formula is C27H30N2O4. The molecule has 2 N–H and O–H groups in total. The smallest absolute Gasteiger partial charge is 0.265 e. The van der Waals surface area contributed by atoms with Crippen LogP contribution in [0.25, 0.3) is 0 Å². The van der Waals surface area contributed by atoms with Crippen molar-refractivity contribution in [2.24, 2.45) is 0 Å². The number of anilines is 2. The van der Waals surface area contributed by atoms with Crippen LogP contribution in [0.4, 0.5) is 11.4 Å². The zero-order valence-corrected chi connectivity index (χ0v) is 19.6. The number of hydrogen-bond donors (Lipinski definition) is 2. The van der Waals surface area contributed by atoms with Gasteiger partial charge in [0.25, 0.3) is 11.8 Å². The second kappa shape index (κ2) is 10.7. The molecular weight excluding hydrogens is 416 g/mol. The van der Waals surface area contributed by atoms with Crippen LogP contribution in [0.15, 0.2) is 66.7 Å². The van der Waals surface area contributed by atoms with Gasteiger partial charge in [0, 0.05) is 11.4 Å². The molecule has 33 heavy (non-hydrogen) atoms. The van der Waals surface area contributed by atoms with Crippen LogP contribution in [0.3, 0.4) is 0 Å². The molecule has 3 rings (SSSR count). The molecule has 0 radical (unpaired) electrons. The average Bonchev–Trinajstić information content (AvgIpc) is 2.79. The van der Waals surface area contributed by atoms with Crippen LogP contribution in [0.5, 0.6) is 11.5 Å². The van der Waals surface area contributed by atoms with Crippen molar-refractivity contribution >= 4 is 23.2 Å². The van der Waals surface area contributed by atoms with Crippen molar-refractivity contribution in [2.45, 2.75) is 46.8 Å². The highest BCUT2D eigenvalue weighted by Gasteiger charge is 2.19. The van der Waals surface area contributed by atoms with Gasteiger partial charge in [-0.25, -0.2) is 0 Å². The van der Waals surface area contributed by atoms with Gasteiger partial charge in [0.05, 0.1) is 0 Å². The number of carbonyl (C=O) groups excluding carboxylic acids is 2. The van der Waals surface area contributed by atoms with Gasteiger partial charge in [-0.2, -0.15) is 0 Å². The lowest BCUT2D eigenvalue weighted by Gasteiger charge is -2.18. The van der Waals surface area contributed by atoms with E-state index in [-0.39, 0.29) is 11.8 Å². The van der Waals surface area contributed by atoms with Gasteiger partial charge in [0.2, 0.25) is 0 Å². The molecule has 3 aromatic rings. The first-order chi connectivity index (χ1) is 15.7. The molecule has 3 aromatic carbocycles. The number of benzene rings is 3. The SMILES string of the molecule is Cc1ccc(NC(=O)C(C)Oc2ccccc2C)cc1NC(=O)C(C)Oc1ccccc1C. The number of rotatable bonds is 8. The van der Waals surface area contributed by atoms with E-state index in [4.69, 9.17) is 9.47 Å². The molecule has 0 aromatic heterocycles. The van der Waals surface area contributed by atoms with Crippen LogP contribution < -0.4 is 20.1 Å². The van der Waals surface area contributed by atoms with Crippen molar-refractivity contribution < 1.29 is 19.1 Å². The van der Waals surface area contributed by atoms with E-state index in [0.29, 0.717) is 22.9 Å². The lowest BCUT2D eigenvalue weighted by Crippen LogP contribution is -2.31. The topological polar surface area (TPSA) is 76.7 Å². The number of para-hydroxylation sites is 2. The maximum absolute atomic E-state index is 12.7. The van der Waals surface area contributed by atoms with E-state index in [1.807, 2.05) is 75.4 Å². The standard InChI is InChI=1S/C27H30N2O4/c1-17-14-15-22(28-26(30)20(4)32-24-12-8-6-10-18(24)2)16-23(17)29-27(31)21(5)33-25-13-9-7-11-19(25)3/h6-16,20-21H,1-5H3,(H,28,30)(H,29,31). The van der Waals surface area contributed by atoms with Crippen LogP contribution >= 0.6 is 0 Å². The molecule has 2 amide bonds. The molecule has 2 atom stereocenters. The number of carbonyl (C=O) groups is 2. The number of aryl methyl sites for hydroxylation is 3. The predicted octanol–water partition coefficient (Wildman–Crippen LogP) is 5.42. The molecule has 0 heterocycles. The Bertz CT molecular complexity index is 1140.